The molecule has 1 aliphatic heterocycles. The van der Waals surface area contributed by atoms with Crippen molar-refractivity contribution in [2.75, 3.05) is 31.1 Å². The molecule has 6 heteroatoms. The lowest BCUT2D eigenvalue weighted by Crippen LogP contribution is -2.47. The van der Waals surface area contributed by atoms with Crippen molar-refractivity contribution in [3.63, 3.8) is 0 Å². The molecule has 0 amide bonds. The van der Waals surface area contributed by atoms with Crippen LogP contribution in [0.25, 0.3) is 11.5 Å². The van der Waals surface area contributed by atoms with E-state index in [2.05, 4.69) is 46.0 Å². The summed E-state index contributed by atoms with van der Waals surface area (Å²) in [5.74, 6) is 1.32. The second kappa shape index (κ2) is 8.17. The fourth-order valence-electron chi connectivity index (χ4n) is 3.73. The molecule has 0 spiro atoms. The van der Waals surface area contributed by atoms with E-state index in [4.69, 9.17) is 4.42 Å². The number of rotatable bonds is 5. The molecule has 6 nitrogen and oxygen atoms in total. The molecule has 0 bridgehead atoms. The van der Waals surface area contributed by atoms with E-state index in [-0.39, 0.29) is 11.8 Å². The highest BCUT2D eigenvalue weighted by Gasteiger charge is 2.26. The van der Waals surface area contributed by atoms with Crippen molar-refractivity contribution in [1.29, 1.82) is 0 Å². The van der Waals surface area contributed by atoms with Crippen LogP contribution >= 0.6 is 0 Å². The minimum atomic E-state index is 0.0725. The number of nitrogens with zero attached hydrogens (tertiary/aromatic N) is 4. The minimum Gasteiger partial charge on any atom is -0.419 e. The van der Waals surface area contributed by atoms with Gasteiger partial charge in [0.25, 0.3) is 0 Å². The Balaban J connectivity index is 1.39. The number of piperazine rings is 1. The maximum atomic E-state index is 11.5. The summed E-state index contributed by atoms with van der Waals surface area (Å²) in [6.45, 7) is 9.43. The molecule has 2 aromatic carbocycles. The highest BCUT2D eigenvalue weighted by atomic mass is 16.4. The predicted molar refractivity (Wildman–Crippen MR) is 113 cm³/mol. The first-order chi connectivity index (χ1) is 14.0. The van der Waals surface area contributed by atoms with Crippen molar-refractivity contribution in [2.45, 2.75) is 26.8 Å². The fraction of sp³-hybridized carbons (Fsp3) is 0.348. The molecule has 3 aromatic rings. The van der Waals surface area contributed by atoms with E-state index >= 15 is 0 Å². The van der Waals surface area contributed by atoms with Gasteiger partial charge >= 0.3 is 0 Å². The van der Waals surface area contributed by atoms with Crippen molar-refractivity contribution in [3.05, 3.63) is 65.5 Å². The summed E-state index contributed by atoms with van der Waals surface area (Å²) < 4.78 is 5.98. The molecular formula is C23H26N4O2. The summed E-state index contributed by atoms with van der Waals surface area (Å²) in [5, 5.41) is 8.54. The van der Waals surface area contributed by atoms with Crippen LogP contribution in [0.4, 0.5) is 5.69 Å². The number of aromatic nitrogens is 2. The van der Waals surface area contributed by atoms with Gasteiger partial charge in [-0.2, -0.15) is 0 Å². The minimum absolute atomic E-state index is 0.0725. The van der Waals surface area contributed by atoms with E-state index in [0.717, 1.165) is 43.0 Å². The van der Waals surface area contributed by atoms with Gasteiger partial charge in [0, 0.05) is 43.0 Å². The van der Waals surface area contributed by atoms with Gasteiger partial charge in [0.15, 0.2) is 5.78 Å². The predicted octanol–water partition coefficient (Wildman–Crippen LogP) is 4.13. The van der Waals surface area contributed by atoms with Gasteiger partial charge in [0.2, 0.25) is 11.8 Å². The second-order valence-electron chi connectivity index (χ2n) is 7.62. The summed E-state index contributed by atoms with van der Waals surface area (Å²) in [4.78, 5) is 16.2. The van der Waals surface area contributed by atoms with Crippen LogP contribution in [-0.4, -0.2) is 47.1 Å². The number of anilines is 1. The third-order valence-corrected chi connectivity index (χ3v) is 5.56. The molecule has 0 aliphatic carbocycles. The molecule has 2 heterocycles. The Kier molecular flexibility index (Phi) is 5.45. The van der Waals surface area contributed by atoms with Gasteiger partial charge in [-0.25, -0.2) is 0 Å². The quantitative estimate of drug-likeness (QED) is 0.611. The molecule has 1 fully saturated rings. The Bertz CT molecular complexity index is 988. The van der Waals surface area contributed by atoms with Crippen LogP contribution in [0.2, 0.25) is 0 Å². The highest BCUT2D eigenvalue weighted by Crippen LogP contribution is 2.26. The number of carbonyl (C=O) groups is 1. The van der Waals surface area contributed by atoms with Gasteiger partial charge in [0.05, 0.1) is 6.04 Å². The number of hydrogen-bond donors (Lipinski definition) is 0. The largest absolute Gasteiger partial charge is 0.419 e. The summed E-state index contributed by atoms with van der Waals surface area (Å²) in [6, 6.07) is 16.0. The smallest absolute Gasteiger partial charge is 0.247 e. The Morgan fingerprint density at radius 1 is 1.03 bits per heavy atom. The Hall–Kier alpha value is -2.99. The zero-order valence-corrected chi connectivity index (χ0v) is 17.1. The van der Waals surface area contributed by atoms with Gasteiger partial charge in [0.1, 0.15) is 0 Å². The number of hydrogen-bond acceptors (Lipinski definition) is 6. The fourth-order valence-corrected chi connectivity index (χ4v) is 3.73. The Labute approximate surface area is 171 Å². The molecule has 0 saturated carbocycles. The van der Waals surface area contributed by atoms with Crippen molar-refractivity contribution in [3.8, 4) is 11.5 Å². The van der Waals surface area contributed by atoms with E-state index in [1.807, 2.05) is 36.4 Å². The summed E-state index contributed by atoms with van der Waals surface area (Å²) in [7, 11) is 0. The first-order valence-electron chi connectivity index (χ1n) is 10.0. The average molecular weight is 390 g/mol. The third-order valence-electron chi connectivity index (χ3n) is 5.56. The normalized spacial score (nSPS) is 16.0. The molecule has 150 valence electrons. The molecular weight excluding hydrogens is 364 g/mol. The number of benzene rings is 2. The number of aryl methyl sites for hydroxylation is 1. The van der Waals surface area contributed by atoms with Crippen LogP contribution < -0.4 is 4.90 Å². The van der Waals surface area contributed by atoms with E-state index in [9.17, 15) is 4.79 Å². The molecule has 0 unspecified atom stereocenters. The lowest BCUT2D eigenvalue weighted by Gasteiger charge is -2.38. The zero-order valence-electron chi connectivity index (χ0n) is 17.1. The highest BCUT2D eigenvalue weighted by molar-refractivity contribution is 5.94. The van der Waals surface area contributed by atoms with Gasteiger partial charge < -0.3 is 9.32 Å². The first-order valence-corrected chi connectivity index (χ1v) is 10.0. The lowest BCUT2D eigenvalue weighted by molar-refractivity contribution is 0.101. The second-order valence-corrected chi connectivity index (χ2v) is 7.62. The molecule has 0 N–H and O–H groups in total. The summed E-state index contributed by atoms with van der Waals surface area (Å²) in [5.41, 5.74) is 4.03. The number of carbonyl (C=O) groups excluding carboxylic acids is 1. The van der Waals surface area contributed by atoms with Crippen LogP contribution in [0.1, 0.15) is 41.7 Å². The van der Waals surface area contributed by atoms with Crippen LogP contribution in [-0.2, 0) is 0 Å². The molecule has 0 radical (unpaired) electrons. The van der Waals surface area contributed by atoms with Crippen molar-refractivity contribution in [2.24, 2.45) is 0 Å². The first kappa shape index (κ1) is 19.3. The van der Waals surface area contributed by atoms with E-state index < -0.39 is 0 Å². The number of ketones is 1. The van der Waals surface area contributed by atoms with Crippen molar-refractivity contribution >= 4 is 11.5 Å². The maximum absolute atomic E-state index is 11.5. The molecule has 1 aliphatic rings. The summed E-state index contributed by atoms with van der Waals surface area (Å²) in [6.07, 6.45) is 0. The standard InChI is InChI=1S/C23H26N4O2/c1-16-5-4-6-20(15-16)23-25-24-22(29-23)17(2)26-11-13-27(14-12-26)21-9-7-19(8-10-21)18(3)28/h4-10,15,17H,11-14H2,1-3H3/t17-/m0/s1. The van der Waals surface area contributed by atoms with Crippen LogP contribution in [0.3, 0.4) is 0 Å². The summed E-state index contributed by atoms with van der Waals surface area (Å²) >= 11 is 0. The maximum Gasteiger partial charge on any atom is 0.247 e. The molecule has 1 atom stereocenters. The van der Waals surface area contributed by atoms with Crippen LogP contribution in [0, 0.1) is 6.92 Å². The van der Waals surface area contributed by atoms with E-state index in [1.54, 1.807) is 6.92 Å². The Morgan fingerprint density at radius 3 is 2.41 bits per heavy atom. The molecule has 4 rings (SSSR count). The van der Waals surface area contributed by atoms with Gasteiger partial charge in [-0.1, -0.05) is 17.7 Å². The SMILES string of the molecule is CC(=O)c1ccc(N2CCN([C@@H](C)c3nnc(-c4cccc(C)c4)o3)CC2)cc1. The van der Waals surface area contributed by atoms with Crippen molar-refractivity contribution in [1.82, 2.24) is 15.1 Å². The number of Topliss-reactive ketones (excluding diaryl/α,β-unsaturated/α-hetero) is 1. The Morgan fingerprint density at radius 2 is 1.76 bits per heavy atom. The van der Waals surface area contributed by atoms with Crippen LogP contribution in [0.5, 0.6) is 0 Å². The third kappa shape index (κ3) is 4.22. The van der Waals surface area contributed by atoms with E-state index in [1.165, 1.54) is 5.56 Å². The average Bonchev–Trinajstić information content (AvgIpc) is 3.24. The topological polar surface area (TPSA) is 62.5 Å². The zero-order chi connectivity index (χ0) is 20.4. The van der Waals surface area contributed by atoms with E-state index in [0.29, 0.717) is 11.8 Å². The molecule has 29 heavy (non-hydrogen) atoms. The van der Waals surface area contributed by atoms with Gasteiger partial charge in [-0.15, -0.1) is 10.2 Å². The van der Waals surface area contributed by atoms with Crippen molar-refractivity contribution < 1.29 is 9.21 Å². The van der Waals surface area contributed by atoms with Crippen LogP contribution in [0.15, 0.2) is 52.9 Å². The molecule has 1 saturated heterocycles. The lowest BCUT2D eigenvalue weighted by atomic mass is 10.1. The molecule has 1 aromatic heterocycles. The van der Waals surface area contributed by atoms with Gasteiger partial charge in [-0.3, -0.25) is 9.69 Å². The van der Waals surface area contributed by atoms with Gasteiger partial charge in [-0.05, 0) is 57.2 Å². The monoisotopic (exact) mass is 390 g/mol.